The SMILES string of the molecule is COC(=O)/C(NC(=O)OC(C)(C)C)=C(/C)c1cc2ccccc2s1. The summed E-state index contributed by atoms with van der Waals surface area (Å²) < 4.78 is 11.1. The summed E-state index contributed by atoms with van der Waals surface area (Å²) in [6.07, 6.45) is -0.691. The van der Waals surface area contributed by atoms with Crippen molar-refractivity contribution in [1.29, 1.82) is 0 Å². The van der Waals surface area contributed by atoms with E-state index in [-0.39, 0.29) is 5.70 Å². The lowest BCUT2D eigenvalue weighted by Gasteiger charge is -2.20. The van der Waals surface area contributed by atoms with Crippen LogP contribution in [0, 0.1) is 0 Å². The number of rotatable bonds is 3. The molecule has 2 rings (SSSR count). The van der Waals surface area contributed by atoms with Gasteiger partial charge in [0.15, 0.2) is 0 Å². The zero-order valence-electron chi connectivity index (χ0n) is 14.4. The Balaban J connectivity index is 2.39. The average molecular weight is 347 g/mol. The predicted molar refractivity (Wildman–Crippen MR) is 95.8 cm³/mol. The number of methoxy groups -OCH3 is 1. The van der Waals surface area contributed by atoms with Crippen molar-refractivity contribution in [3.8, 4) is 0 Å². The first-order chi connectivity index (χ1) is 11.2. The second-order valence-corrected chi connectivity index (χ2v) is 7.35. The van der Waals surface area contributed by atoms with Crippen LogP contribution in [-0.4, -0.2) is 24.8 Å². The van der Waals surface area contributed by atoms with E-state index in [0.29, 0.717) is 5.57 Å². The molecular formula is C18H21NO4S. The van der Waals surface area contributed by atoms with Gasteiger partial charge in [0.2, 0.25) is 0 Å². The summed E-state index contributed by atoms with van der Waals surface area (Å²) in [4.78, 5) is 25.0. The van der Waals surface area contributed by atoms with Gasteiger partial charge in [-0.3, -0.25) is 5.32 Å². The van der Waals surface area contributed by atoms with Crippen LogP contribution in [0.4, 0.5) is 4.79 Å². The van der Waals surface area contributed by atoms with E-state index in [1.807, 2.05) is 30.3 Å². The molecule has 0 spiro atoms. The third kappa shape index (κ3) is 4.35. The number of amides is 1. The van der Waals surface area contributed by atoms with Crippen molar-refractivity contribution in [3.63, 3.8) is 0 Å². The lowest BCUT2D eigenvalue weighted by atomic mass is 10.1. The van der Waals surface area contributed by atoms with Gasteiger partial charge in [0, 0.05) is 9.58 Å². The number of fused-ring (bicyclic) bond motifs is 1. The molecule has 0 saturated carbocycles. The highest BCUT2D eigenvalue weighted by molar-refractivity contribution is 7.20. The normalized spacial score (nSPS) is 12.5. The molecule has 0 atom stereocenters. The fourth-order valence-corrected chi connectivity index (χ4v) is 3.16. The summed E-state index contributed by atoms with van der Waals surface area (Å²) >= 11 is 1.54. The first kappa shape index (κ1) is 18.0. The smallest absolute Gasteiger partial charge is 0.412 e. The topological polar surface area (TPSA) is 64.6 Å². The fourth-order valence-electron chi connectivity index (χ4n) is 2.10. The van der Waals surface area contributed by atoms with E-state index >= 15 is 0 Å². The van der Waals surface area contributed by atoms with Crippen LogP contribution in [-0.2, 0) is 14.3 Å². The van der Waals surface area contributed by atoms with E-state index in [4.69, 9.17) is 9.47 Å². The number of hydrogen-bond acceptors (Lipinski definition) is 5. The fraction of sp³-hybridized carbons (Fsp3) is 0.333. The van der Waals surface area contributed by atoms with Gasteiger partial charge in [0.1, 0.15) is 11.3 Å². The molecular weight excluding hydrogens is 326 g/mol. The van der Waals surface area contributed by atoms with Gasteiger partial charge in [0.25, 0.3) is 0 Å². The molecule has 24 heavy (non-hydrogen) atoms. The molecule has 0 bridgehead atoms. The maximum Gasteiger partial charge on any atom is 0.412 e. The lowest BCUT2D eigenvalue weighted by Crippen LogP contribution is -2.35. The third-order valence-corrected chi connectivity index (χ3v) is 4.42. The van der Waals surface area contributed by atoms with Crippen molar-refractivity contribution < 1.29 is 19.1 Å². The maximum atomic E-state index is 12.1. The second-order valence-electron chi connectivity index (χ2n) is 6.27. The van der Waals surface area contributed by atoms with E-state index in [2.05, 4.69) is 5.32 Å². The van der Waals surface area contributed by atoms with Crippen molar-refractivity contribution in [1.82, 2.24) is 5.32 Å². The Morgan fingerprint density at radius 3 is 2.42 bits per heavy atom. The van der Waals surface area contributed by atoms with Gasteiger partial charge in [-0.05, 0) is 50.8 Å². The van der Waals surface area contributed by atoms with Crippen molar-refractivity contribution in [2.75, 3.05) is 7.11 Å². The molecule has 0 aliphatic rings. The van der Waals surface area contributed by atoms with Crippen LogP contribution >= 0.6 is 11.3 Å². The lowest BCUT2D eigenvalue weighted by molar-refractivity contribution is -0.136. The van der Waals surface area contributed by atoms with Crippen LogP contribution in [0.2, 0.25) is 0 Å². The maximum absolute atomic E-state index is 12.1. The van der Waals surface area contributed by atoms with Crippen LogP contribution in [0.25, 0.3) is 15.7 Å². The number of esters is 1. The summed E-state index contributed by atoms with van der Waals surface area (Å²) in [7, 11) is 1.28. The summed E-state index contributed by atoms with van der Waals surface area (Å²) in [5.74, 6) is -0.615. The van der Waals surface area contributed by atoms with Crippen molar-refractivity contribution >= 4 is 39.1 Å². The molecule has 1 heterocycles. The molecule has 1 aromatic heterocycles. The zero-order valence-corrected chi connectivity index (χ0v) is 15.2. The molecule has 0 fully saturated rings. The predicted octanol–water partition coefficient (Wildman–Crippen LogP) is 4.33. The molecule has 0 saturated heterocycles. The Hall–Kier alpha value is -2.34. The van der Waals surface area contributed by atoms with Gasteiger partial charge in [-0.2, -0.15) is 0 Å². The van der Waals surface area contributed by atoms with Crippen LogP contribution in [0.1, 0.15) is 32.6 Å². The molecule has 0 unspecified atom stereocenters. The number of carbonyl (C=O) groups is 2. The minimum absolute atomic E-state index is 0.0818. The van der Waals surface area contributed by atoms with E-state index in [0.717, 1.165) is 15.0 Å². The first-order valence-electron chi connectivity index (χ1n) is 7.49. The Morgan fingerprint density at radius 1 is 1.17 bits per heavy atom. The number of ether oxygens (including phenoxy) is 2. The molecule has 1 N–H and O–H groups in total. The molecule has 6 heteroatoms. The highest BCUT2D eigenvalue weighted by Gasteiger charge is 2.22. The molecule has 2 aromatic rings. The van der Waals surface area contributed by atoms with E-state index in [1.54, 1.807) is 39.0 Å². The Bertz CT molecular complexity index is 766. The monoisotopic (exact) mass is 347 g/mol. The van der Waals surface area contributed by atoms with Crippen molar-refractivity contribution in [2.24, 2.45) is 0 Å². The molecule has 0 aliphatic heterocycles. The van der Waals surface area contributed by atoms with Gasteiger partial charge in [-0.25, -0.2) is 9.59 Å². The second kappa shape index (κ2) is 7.05. The van der Waals surface area contributed by atoms with Crippen LogP contribution in [0.3, 0.4) is 0 Å². The summed E-state index contributed by atoms with van der Waals surface area (Å²) in [5, 5.41) is 3.60. The quantitative estimate of drug-likeness (QED) is 0.663. The molecule has 0 radical (unpaired) electrons. The molecule has 5 nitrogen and oxygen atoms in total. The molecule has 0 aliphatic carbocycles. The van der Waals surface area contributed by atoms with Gasteiger partial charge in [0.05, 0.1) is 7.11 Å². The zero-order chi connectivity index (χ0) is 17.9. The number of hydrogen-bond donors (Lipinski definition) is 1. The van der Waals surface area contributed by atoms with E-state index < -0.39 is 17.7 Å². The number of carbonyl (C=O) groups excluding carboxylic acids is 2. The highest BCUT2D eigenvalue weighted by Crippen LogP contribution is 2.31. The summed E-state index contributed by atoms with van der Waals surface area (Å²) in [6.45, 7) is 7.04. The van der Waals surface area contributed by atoms with Gasteiger partial charge in [-0.1, -0.05) is 18.2 Å². The Kier molecular flexibility index (Phi) is 5.29. The van der Waals surface area contributed by atoms with Crippen LogP contribution in [0.5, 0.6) is 0 Å². The van der Waals surface area contributed by atoms with Crippen LogP contribution < -0.4 is 5.32 Å². The minimum Gasteiger partial charge on any atom is -0.464 e. The van der Waals surface area contributed by atoms with Crippen LogP contribution in [0.15, 0.2) is 36.0 Å². The van der Waals surface area contributed by atoms with Gasteiger partial charge >= 0.3 is 12.1 Å². The number of allylic oxidation sites excluding steroid dienone is 1. The summed E-state index contributed by atoms with van der Waals surface area (Å²) in [5.41, 5.74) is 0.0591. The minimum atomic E-state index is -0.691. The molecule has 1 aromatic carbocycles. The Labute approximate surface area is 145 Å². The average Bonchev–Trinajstić information content (AvgIpc) is 2.93. The van der Waals surface area contributed by atoms with E-state index in [9.17, 15) is 9.59 Å². The van der Waals surface area contributed by atoms with Crippen molar-refractivity contribution in [2.45, 2.75) is 33.3 Å². The van der Waals surface area contributed by atoms with Crippen molar-refractivity contribution in [3.05, 3.63) is 40.9 Å². The highest BCUT2D eigenvalue weighted by atomic mass is 32.1. The van der Waals surface area contributed by atoms with E-state index in [1.165, 1.54) is 7.11 Å². The number of alkyl carbamates (subject to hydrolysis) is 1. The largest absolute Gasteiger partial charge is 0.464 e. The standard InChI is InChI=1S/C18H21NO4S/c1-11(14-10-12-8-6-7-9-13(12)24-14)15(16(20)22-5)19-17(21)23-18(2,3)4/h6-10H,1-5H3,(H,19,21)/b15-11+. The number of nitrogens with one attached hydrogen (secondary N) is 1. The third-order valence-electron chi connectivity index (χ3n) is 3.19. The Morgan fingerprint density at radius 2 is 1.83 bits per heavy atom. The van der Waals surface area contributed by atoms with Gasteiger partial charge in [-0.15, -0.1) is 11.3 Å². The first-order valence-corrected chi connectivity index (χ1v) is 8.31. The molecule has 128 valence electrons. The number of benzene rings is 1. The van der Waals surface area contributed by atoms with Gasteiger partial charge < -0.3 is 9.47 Å². The number of thiophene rings is 1. The molecule has 1 amide bonds. The summed E-state index contributed by atoms with van der Waals surface area (Å²) in [6, 6.07) is 9.91.